The fraction of sp³-hybridized carbons (Fsp3) is 0.643. The van der Waals surface area contributed by atoms with Crippen LogP contribution in [0.2, 0.25) is 0 Å². The third-order valence-electron chi connectivity index (χ3n) is 4.56. The van der Waals surface area contributed by atoms with Gasteiger partial charge in [-0.15, -0.1) is 15.3 Å². The number of alkyl halides is 3. The predicted molar refractivity (Wildman–Crippen MR) is 78.8 cm³/mol. The van der Waals surface area contributed by atoms with Gasteiger partial charge in [0.15, 0.2) is 5.65 Å². The maximum atomic E-state index is 13.0. The number of rotatable bonds is 2. The Hall–Kier alpha value is -1.94. The monoisotopic (exact) mass is 342 g/mol. The number of fused-ring (bicyclic) bond motifs is 1. The normalized spacial score (nSPS) is 23.3. The van der Waals surface area contributed by atoms with Crippen LogP contribution in [0.15, 0.2) is 12.1 Å². The molecule has 2 aromatic rings. The highest BCUT2D eigenvalue weighted by Crippen LogP contribution is 2.28. The maximum Gasteiger partial charge on any atom is 0.453 e. The van der Waals surface area contributed by atoms with Gasteiger partial charge in [0.2, 0.25) is 0 Å². The molecule has 2 aromatic heterocycles. The fourth-order valence-corrected chi connectivity index (χ4v) is 3.25. The van der Waals surface area contributed by atoms with Crippen LogP contribution in [0.1, 0.15) is 12.2 Å². The average molecular weight is 342 g/mol. The molecule has 0 aliphatic carbocycles. The van der Waals surface area contributed by atoms with Crippen LogP contribution < -0.4 is 4.90 Å². The van der Waals surface area contributed by atoms with Crippen LogP contribution in [0, 0.1) is 0 Å². The molecule has 0 radical (unpaired) electrons. The van der Waals surface area contributed by atoms with Crippen molar-refractivity contribution in [3.63, 3.8) is 0 Å². The van der Waals surface area contributed by atoms with Crippen LogP contribution in [-0.4, -0.2) is 70.1 Å². The number of halogens is 3. The van der Waals surface area contributed by atoms with E-state index in [1.165, 1.54) is 6.07 Å². The average Bonchev–Trinajstić information content (AvgIpc) is 3.23. The van der Waals surface area contributed by atoms with E-state index < -0.39 is 12.0 Å². The fourth-order valence-electron chi connectivity index (χ4n) is 3.25. The highest BCUT2D eigenvalue weighted by Gasteiger charge is 2.38. The van der Waals surface area contributed by atoms with Gasteiger partial charge < -0.3 is 9.64 Å². The number of piperazine rings is 1. The summed E-state index contributed by atoms with van der Waals surface area (Å²) < 4.78 is 45.0. The summed E-state index contributed by atoms with van der Waals surface area (Å²) >= 11 is 0. The standard InChI is InChI=1S/C14H17F3N6O/c15-14(16,17)13-19-18-11-1-2-12(20-23(11)13)22-6-4-21(5-7-22)10-3-8-24-9-10/h1-2,10H,3-9H2. The van der Waals surface area contributed by atoms with Gasteiger partial charge in [-0.05, 0) is 18.6 Å². The van der Waals surface area contributed by atoms with Crippen LogP contribution in [0.3, 0.4) is 0 Å². The third-order valence-corrected chi connectivity index (χ3v) is 4.56. The second-order valence-corrected chi connectivity index (χ2v) is 6.02. The van der Waals surface area contributed by atoms with Gasteiger partial charge in [-0.1, -0.05) is 0 Å². The van der Waals surface area contributed by atoms with Gasteiger partial charge in [0.05, 0.1) is 6.61 Å². The van der Waals surface area contributed by atoms with Crippen molar-refractivity contribution >= 4 is 11.5 Å². The number of hydrogen-bond donors (Lipinski definition) is 0. The van der Waals surface area contributed by atoms with Crippen molar-refractivity contribution in [2.45, 2.75) is 18.6 Å². The van der Waals surface area contributed by atoms with Crippen molar-refractivity contribution in [2.24, 2.45) is 0 Å². The molecule has 0 spiro atoms. The zero-order valence-corrected chi connectivity index (χ0v) is 12.9. The zero-order valence-electron chi connectivity index (χ0n) is 12.9. The lowest BCUT2D eigenvalue weighted by Gasteiger charge is -2.37. The van der Waals surface area contributed by atoms with E-state index in [1.807, 2.05) is 4.90 Å². The third kappa shape index (κ3) is 2.80. The molecule has 0 N–H and O–H groups in total. The Morgan fingerprint density at radius 3 is 2.54 bits per heavy atom. The number of ether oxygens (including phenoxy) is 1. The lowest BCUT2D eigenvalue weighted by Crippen LogP contribution is -2.50. The second kappa shape index (κ2) is 5.85. The molecule has 10 heteroatoms. The number of anilines is 1. The minimum atomic E-state index is -4.58. The second-order valence-electron chi connectivity index (χ2n) is 6.02. The summed E-state index contributed by atoms with van der Waals surface area (Å²) in [5, 5.41) is 10.8. The van der Waals surface area contributed by atoms with Gasteiger partial charge in [-0.2, -0.15) is 17.7 Å². The topological polar surface area (TPSA) is 58.8 Å². The van der Waals surface area contributed by atoms with E-state index in [-0.39, 0.29) is 5.65 Å². The van der Waals surface area contributed by atoms with E-state index in [0.717, 1.165) is 50.3 Å². The minimum absolute atomic E-state index is 0.0906. The Kier molecular flexibility index (Phi) is 3.80. The molecule has 0 bridgehead atoms. The molecule has 4 heterocycles. The first-order valence-corrected chi connectivity index (χ1v) is 7.89. The maximum absolute atomic E-state index is 13.0. The molecule has 1 unspecified atom stereocenters. The Morgan fingerprint density at radius 1 is 1.08 bits per heavy atom. The zero-order chi connectivity index (χ0) is 16.7. The molecule has 7 nitrogen and oxygen atoms in total. The van der Waals surface area contributed by atoms with Crippen molar-refractivity contribution in [3.05, 3.63) is 18.0 Å². The first-order chi connectivity index (χ1) is 11.5. The Labute approximate surface area is 136 Å². The van der Waals surface area contributed by atoms with Gasteiger partial charge in [-0.3, -0.25) is 4.90 Å². The summed E-state index contributed by atoms with van der Waals surface area (Å²) in [6.07, 6.45) is -3.54. The van der Waals surface area contributed by atoms with Crippen molar-refractivity contribution in [1.82, 2.24) is 24.7 Å². The Morgan fingerprint density at radius 2 is 1.88 bits per heavy atom. The molecule has 2 fully saturated rings. The van der Waals surface area contributed by atoms with Crippen LogP contribution >= 0.6 is 0 Å². The Balaban J connectivity index is 1.52. The number of nitrogens with zero attached hydrogens (tertiary/aromatic N) is 6. The van der Waals surface area contributed by atoms with E-state index in [0.29, 0.717) is 11.9 Å². The molecule has 24 heavy (non-hydrogen) atoms. The quantitative estimate of drug-likeness (QED) is 0.813. The van der Waals surface area contributed by atoms with E-state index >= 15 is 0 Å². The summed E-state index contributed by atoms with van der Waals surface area (Å²) in [5.74, 6) is -0.587. The summed E-state index contributed by atoms with van der Waals surface area (Å²) in [5.41, 5.74) is 0.0906. The molecule has 2 saturated heterocycles. The van der Waals surface area contributed by atoms with Crippen molar-refractivity contribution in [1.29, 1.82) is 0 Å². The predicted octanol–water partition coefficient (Wildman–Crippen LogP) is 1.05. The van der Waals surface area contributed by atoms with Gasteiger partial charge in [-0.25, -0.2) is 0 Å². The highest BCUT2D eigenvalue weighted by atomic mass is 19.4. The molecule has 130 valence electrons. The van der Waals surface area contributed by atoms with E-state index in [2.05, 4.69) is 20.2 Å². The summed E-state index contributed by atoms with van der Waals surface area (Å²) in [4.78, 5) is 4.37. The van der Waals surface area contributed by atoms with Crippen molar-refractivity contribution in [3.8, 4) is 0 Å². The number of aromatic nitrogens is 4. The van der Waals surface area contributed by atoms with Gasteiger partial charge >= 0.3 is 6.18 Å². The molecule has 2 aliphatic rings. The molecule has 0 amide bonds. The summed E-state index contributed by atoms with van der Waals surface area (Å²) in [6.45, 7) is 4.71. The molecular weight excluding hydrogens is 325 g/mol. The van der Waals surface area contributed by atoms with E-state index in [9.17, 15) is 13.2 Å². The smallest absolute Gasteiger partial charge is 0.380 e. The van der Waals surface area contributed by atoms with Gasteiger partial charge in [0.1, 0.15) is 5.82 Å². The molecule has 1 atom stereocenters. The molecule has 4 rings (SSSR count). The molecular formula is C14H17F3N6O. The Bertz CT molecular complexity index is 719. The highest BCUT2D eigenvalue weighted by molar-refractivity contribution is 5.46. The number of hydrogen-bond acceptors (Lipinski definition) is 6. The SMILES string of the molecule is FC(F)(F)c1nnc2ccc(N3CCN(C4CCOC4)CC3)nn12. The van der Waals surface area contributed by atoms with Crippen molar-refractivity contribution < 1.29 is 17.9 Å². The van der Waals surface area contributed by atoms with Crippen LogP contribution in [0.5, 0.6) is 0 Å². The minimum Gasteiger partial charge on any atom is -0.380 e. The lowest BCUT2D eigenvalue weighted by molar-refractivity contribution is -0.146. The molecule has 0 aromatic carbocycles. The van der Waals surface area contributed by atoms with Crippen LogP contribution in [-0.2, 0) is 10.9 Å². The summed E-state index contributed by atoms with van der Waals surface area (Å²) in [6, 6.07) is 3.66. The molecule has 2 aliphatic heterocycles. The first-order valence-electron chi connectivity index (χ1n) is 7.89. The van der Waals surface area contributed by atoms with Gasteiger partial charge in [0.25, 0.3) is 5.82 Å². The van der Waals surface area contributed by atoms with Gasteiger partial charge in [0, 0.05) is 38.8 Å². The first kappa shape index (κ1) is 15.6. The van der Waals surface area contributed by atoms with Crippen LogP contribution in [0.4, 0.5) is 19.0 Å². The van der Waals surface area contributed by atoms with E-state index in [1.54, 1.807) is 6.07 Å². The van der Waals surface area contributed by atoms with Crippen LogP contribution in [0.25, 0.3) is 5.65 Å². The lowest BCUT2D eigenvalue weighted by atomic mass is 10.2. The van der Waals surface area contributed by atoms with E-state index in [4.69, 9.17) is 4.74 Å². The van der Waals surface area contributed by atoms with Crippen molar-refractivity contribution in [2.75, 3.05) is 44.3 Å². The summed E-state index contributed by atoms with van der Waals surface area (Å²) in [7, 11) is 0. The molecule has 0 saturated carbocycles. The largest absolute Gasteiger partial charge is 0.453 e.